The molecule has 0 saturated carbocycles. The van der Waals surface area contributed by atoms with Gasteiger partial charge in [0.15, 0.2) is 0 Å². The van der Waals surface area contributed by atoms with E-state index in [1.807, 2.05) is 29.2 Å². The molecule has 0 aromatic heterocycles. The maximum atomic E-state index is 13.5. The molecule has 6 heteroatoms. The van der Waals surface area contributed by atoms with Crippen LogP contribution in [0.4, 0.5) is 16.2 Å². The maximum Gasteiger partial charge on any atom is 0.409 e. The molecule has 2 aliphatic heterocycles. The smallest absolute Gasteiger partial charge is 0.409 e. The first-order valence-electron chi connectivity index (χ1n) is 9.37. The Hall–Kier alpha value is -2.24. The predicted molar refractivity (Wildman–Crippen MR) is 102 cm³/mol. The van der Waals surface area contributed by atoms with Crippen molar-refractivity contribution in [3.8, 4) is 0 Å². The lowest BCUT2D eigenvalue weighted by Crippen LogP contribution is -2.63. The number of nitrogens with zero attached hydrogens (tertiary/aromatic N) is 2. The summed E-state index contributed by atoms with van der Waals surface area (Å²) in [6.07, 6.45) is 0.872. The third-order valence-electron chi connectivity index (χ3n) is 5.00. The van der Waals surface area contributed by atoms with E-state index in [-0.39, 0.29) is 17.4 Å². The van der Waals surface area contributed by atoms with Gasteiger partial charge in [-0.15, -0.1) is 0 Å². The standard InChI is InChI=1S/C20H29N3O3/c1-5-26-18(25)22-12-10-20(11-13-22)17(24)23(14-19(2,3)4)16-9-7-6-8-15(16)21-20/h6-9,21H,5,10-14H2,1-4H3. The Balaban J connectivity index is 1.86. The molecular weight excluding hydrogens is 330 g/mol. The molecule has 1 fully saturated rings. The number of benzene rings is 1. The normalized spacial score (nSPS) is 19.2. The van der Waals surface area contributed by atoms with Crippen molar-refractivity contribution >= 4 is 23.4 Å². The van der Waals surface area contributed by atoms with E-state index in [0.29, 0.717) is 39.1 Å². The molecule has 142 valence electrons. The topological polar surface area (TPSA) is 61.9 Å². The van der Waals surface area contributed by atoms with Crippen molar-refractivity contribution in [3.63, 3.8) is 0 Å². The maximum absolute atomic E-state index is 13.5. The van der Waals surface area contributed by atoms with E-state index in [1.165, 1.54) is 0 Å². The van der Waals surface area contributed by atoms with E-state index in [9.17, 15) is 9.59 Å². The van der Waals surface area contributed by atoms with Gasteiger partial charge in [-0.25, -0.2) is 4.79 Å². The number of para-hydroxylation sites is 2. The van der Waals surface area contributed by atoms with Gasteiger partial charge in [-0.2, -0.15) is 0 Å². The van der Waals surface area contributed by atoms with Gasteiger partial charge in [-0.3, -0.25) is 4.79 Å². The second kappa shape index (κ2) is 6.82. The van der Waals surface area contributed by atoms with Gasteiger partial charge in [0.1, 0.15) is 5.54 Å². The molecule has 1 N–H and O–H groups in total. The van der Waals surface area contributed by atoms with Crippen molar-refractivity contribution < 1.29 is 14.3 Å². The highest BCUT2D eigenvalue weighted by molar-refractivity contribution is 6.08. The van der Waals surface area contributed by atoms with E-state index in [0.717, 1.165) is 11.4 Å². The zero-order valence-electron chi connectivity index (χ0n) is 16.2. The van der Waals surface area contributed by atoms with E-state index in [2.05, 4.69) is 26.1 Å². The molecular formula is C20H29N3O3. The largest absolute Gasteiger partial charge is 0.450 e. The Labute approximate surface area is 155 Å². The highest BCUT2D eigenvalue weighted by Crippen LogP contribution is 2.41. The lowest BCUT2D eigenvalue weighted by molar-refractivity contribution is -0.125. The molecule has 2 amide bonds. The van der Waals surface area contributed by atoms with Gasteiger partial charge in [-0.05, 0) is 37.3 Å². The van der Waals surface area contributed by atoms with Gasteiger partial charge in [-0.1, -0.05) is 32.9 Å². The first kappa shape index (κ1) is 18.5. The van der Waals surface area contributed by atoms with Gasteiger partial charge >= 0.3 is 6.09 Å². The van der Waals surface area contributed by atoms with E-state index < -0.39 is 5.54 Å². The summed E-state index contributed by atoms with van der Waals surface area (Å²) in [5, 5.41) is 3.50. The van der Waals surface area contributed by atoms with Crippen LogP contribution in [0.15, 0.2) is 24.3 Å². The molecule has 0 bridgehead atoms. The van der Waals surface area contributed by atoms with Crippen LogP contribution in [0.1, 0.15) is 40.5 Å². The van der Waals surface area contributed by atoms with E-state index >= 15 is 0 Å². The molecule has 1 aromatic carbocycles. The molecule has 0 aliphatic carbocycles. The first-order valence-corrected chi connectivity index (χ1v) is 9.37. The molecule has 2 aliphatic rings. The van der Waals surface area contributed by atoms with Crippen molar-refractivity contribution in [3.05, 3.63) is 24.3 Å². The molecule has 0 unspecified atom stereocenters. The zero-order valence-corrected chi connectivity index (χ0v) is 16.2. The number of amides is 2. The number of likely N-dealkylation sites (tertiary alicyclic amines) is 1. The lowest BCUT2D eigenvalue weighted by Gasteiger charge is -2.48. The number of carbonyl (C=O) groups is 2. The van der Waals surface area contributed by atoms with Crippen molar-refractivity contribution in [1.29, 1.82) is 0 Å². The van der Waals surface area contributed by atoms with Crippen molar-refractivity contribution in [2.75, 3.05) is 36.5 Å². The van der Waals surface area contributed by atoms with Crippen LogP contribution in [-0.2, 0) is 9.53 Å². The molecule has 26 heavy (non-hydrogen) atoms. The summed E-state index contributed by atoms with van der Waals surface area (Å²) in [7, 11) is 0. The summed E-state index contributed by atoms with van der Waals surface area (Å²) in [4.78, 5) is 29.1. The quantitative estimate of drug-likeness (QED) is 0.878. The Morgan fingerprint density at radius 3 is 2.50 bits per heavy atom. The van der Waals surface area contributed by atoms with Gasteiger partial charge in [0.25, 0.3) is 5.91 Å². The second-order valence-corrected chi connectivity index (χ2v) is 8.36. The van der Waals surface area contributed by atoms with Crippen molar-refractivity contribution in [2.45, 2.75) is 46.1 Å². The van der Waals surface area contributed by atoms with Crippen LogP contribution in [0.5, 0.6) is 0 Å². The molecule has 2 heterocycles. The fourth-order valence-corrected chi connectivity index (χ4v) is 3.75. The van der Waals surface area contributed by atoms with Gasteiger partial charge in [0, 0.05) is 19.6 Å². The second-order valence-electron chi connectivity index (χ2n) is 8.36. The predicted octanol–water partition coefficient (Wildman–Crippen LogP) is 3.48. The number of fused-ring (bicyclic) bond motifs is 1. The minimum absolute atomic E-state index is 0.00701. The summed E-state index contributed by atoms with van der Waals surface area (Å²) < 4.78 is 5.10. The third-order valence-corrected chi connectivity index (χ3v) is 5.00. The number of hydrogen-bond donors (Lipinski definition) is 1. The number of rotatable bonds is 2. The highest BCUT2D eigenvalue weighted by atomic mass is 16.6. The van der Waals surface area contributed by atoms with Crippen LogP contribution in [0, 0.1) is 5.41 Å². The molecule has 6 nitrogen and oxygen atoms in total. The van der Waals surface area contributed by atoms with Gasteiger partial charge in [0.2, 0.25) is 0 Å². The van der Waals surface area contributed by atoms with Crippen LogP contribution in [0.3, 0.4) is 0 Å². The van der Waals surface area contributed by atoms with Crippen LogP contribution < -0.4 is 10.2 Å². The minimum Gasteiger partial charge on any atom is -0.450 e. The summed E-state index contributed by atoms with van der Waals surface area (Å²) in [6.45, 7) is 10.3. The third kappa shape index (κ3) is 3.50. The van der Waals surface area contributed by atoms with Crippen LogP contribution >= 0.6 is 0 Å². The number of carbonyl (C=O) groups excluding carboxylic acids is 2. The molecule has 3 rings (SSSR count). The molecule has 1 saturated heterocycles. The SMILES string of the molecule is CCOC(=O)N1CCC2(CC1)Nc1ccccc1N(CC(C)(C)C)C2=O. The van der Waals surface area contributed by atoms with Crippen molar-refractivity contribution in [1.82, 2.24) is 4.90 Å². The first-order chi connectivity index (χ1) is 12.3. The summed E-state index contributed by atoms with van der Waals surface area (Å²) in [6, 6.07) is 7.96. The van der Waals surface area contributed by atoms with Crippen LogP contribution in [0.25, 0.3) is 0 Å². The van der Waals surface area contributed by atoms with Gasteiger partial charge in [0.05, 0.1) is 18.0 Å². The fourth-order valence-electron chi connectivity index (χ4n) is 3.75. The zero-order chi connectivity index (χ0) is 18.9. The van der Waals surface area contributed by atoms with Crippen LogP contribution in [0.2, 0.25) is 0 Å². The number of piperidine rings is 1. The molecule has 1 aromatic rings. The number of hydrogen-bond acceptors (Lipinski definition) is 4. The van der Waals surface area contributed by atoms with Crippen LogP contribution in [-0.4, -0.2) is 48.7 Å². The van der Waals surface area contributed by atoms with E-state index in [4.69, 9.17) is 4.74 Å². The fraction of sp³-hybridized carbons (Fsp3) is 0.600. The highest BCUT2D eigenvalue weighted by Gasteiger charge is 2.48. The summed E-state index contributed by atoms with van der Waals surface area (Å²) >= 11 is 0. The monoisotopic (exact) mass is 359 g/mol. The minimum atomic E-state index is -0.650. The molecule has 0 radical (unpaired) electrons. The number of anilines is 2. The molecule has 0 atom stereocenters. The number of ether oxygens (including phenoxy) is 1. The summed E-state index contributed by atoms with van der Waals surface area (Å²) in [5.41, 5.74) is 1.27. The lowest BCUT2D eigenvalue weighted by atomic mass is 9.82. The Kier molecular flexibility index (Phi) is 4.86. The average Bonchev–Trinajstić information content (AvgIpc) is 2.59. The summed E-state index contributed by atoms with van der Waals surface area (Å²) in [5.74, 6) is 0.106. The number of nitrogens with one attached hydrogen (secondary N) is 1. The average molecular weight is 359 g/mol. The Morgan fingerprint density at radius 2 is 1.88 bits per heavy atom. The Morgan fingerprint density at radius 1 is 1.23 bits per heavy atom. The molecule has 1 spiro atoms. The van der Waals surface area contributed by atoms with Crippen molar-refractivity contribution in [2.24, 2.45) is 5.41 Å². The Bertz CT molecular complexity index is 688. The van der Waals surface area contributed by atoms with Gasteiger partial charge < -0.3 is 19.9 Å². The van der Waals surface area contributed by atoms with E-state index in [1.54, 1.807) is 11.8 Å².